The van der Waals surface area contributed by atoms with Crippen LogP contribution in [0.4, 0.5) is 0 Å². The minimum absolute atomic E-state index is 0.350. The Hall–Kier alpha value is -2.08. The average molecular weight is 419 g/mol. The summed E-state index contributed by atoms with van der Waals surface area (Å²) in [4.78, 5) is 19.1. The first-order valence-corrected chi connectivity index (χ1v) is 9.96. The second-order valence-electron chi connectivity index (χ2n) is 7.20. The number of rotatable bonds is 5. The van der Waals surface area contributed by atoms with Crippen molar-refractivity contribution in [2.45, 2.75) is 12.8 Å². The molecule has 2 heterocycles. The molecule has 5 nitrogen and oxygen atoms in total. The van der Waals surface area contributed by atoms with Gasteiger partial charge in [-0.15, -0.1) is 0 Å². The molecule has 1 aromatic heterocycles. The number of likely N-dealkylation sites (tertiary alicyclic amines) is 1. The summed E-state index contributed by atoms with van der Waals surface area (Å²) in [5, 5.41) is 1.00. The number of ether oxygens (including phenoxy) is 1. The number of halogens is 2. The summed E-state index contributed by atoms with van der Waals surface area (Å²) in [6.45, 7) is 2.61. The number of carbonyl (C=O) groups is 1. The molecule has 1 unspecified atom stereocenters. The van der Waals surface area contributed by atoms with E-state index < -0.39 is 0 Å². The van der Waals surface area contributed by atoms with Crippen molar-refractivity contribution in [2.24, 2.45) is 5.92 Å². The highest BCUT2D eigenvalue weighted by molar-refractivity contribution is 6.35. The van der Waals surface area contributed by atoms with Gasteiger partial charge in [0.15, 0.2) is 5.58 Å². The average Bonchev–Trinajstić information content (AvgIpc) is 3.26. The number of aromatic nitrogens is 1. The van der Waals surface area contributed by atoms with Crippen molar-refractivity contribution in [1.29, 1.82) is 0 Å². The number of hydrogen-bond donors (Lipinski definition) is 0. The van der Waals surface area contributed by atoms with E-state index in [9.17, 15) is 4.79 Å². The van der Waals surface area contributed by atoms with E-state index in [2.05, 4.69) is 16.9 Å². The largest absolute Gasteiger partial charge is 0.462 e. The Kier molecular flexibility index (Phi) is 5.58. The van der Waals surface area contributed by atoms with Crippen molar-refractivity contribution in [3.63, 3.8) is 0 Å². The molecule has 0 amide bonds. The molecule has 1 aliphatic heterocycles. The molecule has 0 saturated carbocycles. The smallest absolute Gasteiger partial charge is 0.338 e. The van der Waals surface area contributed by atoms with Gasteiger partial charge in [-0.05, 0) is 68.8 Å². The summed E-state index contributed by atoms with van der Waals surface area (Å²) in [5.74, 6) is 0.647. The van der Waals surface area contributed by atoms with Gasteiger partial charge >= 0.3 is 5.97 Å². The molecule has 7 heteroatoms. The molecule has 0 bridgehead atoms. The molecular weight excluding hydrogens is 399 g/mol. The number of nitrogens with zero attached hydrogens (tertiary/aromatic N) is 2. The third-order valence-electron chi connectivity index (χ3n) is 4.98. The van der Waals surface area contributed by atoms with Gasteiger partial charge in [0.25, 0.3) is 0 Å². The molecule has 0 spiro atoms. The van der Waals surface area contributed by atoms with Crippen LogP contribution >= 0.6 is 23.2 Å². The van der Waals surface area contributed by atoms with Crippen LogP contribution in [0.15, 0.2) is 40.8 Å². The van der Waals surface area contributed by atoms with E-state index in [1.807, 2.05) is 0 Å². The lowest BCUT2D eigenvalue weighted by Crippen LogP contribution is -2.15. The number of esters is 1. The highest BCUT2D eigenvalue weighted by atomic mass is 35.5. The first-order valence-electron chi connectivity index (χ1n) is 9.20. The lowest BCUT2D eigenvalue weighted by atomic mass is 10.1. The van der Waals surface area contributed by atoms with E-state index in [4.69, 9.17) is 32.4 Å². The molecule has 0 aliphatic carbocycles. The van der Waals surface area contributed by atoms with Crippen LogP contribution in [0.25, 0.3) is 22.6 Å². The van der Waals surface area contributed by atoms with Crippen LogP contribution in [0, 0.1) is 5.92 Å². The van der Waals surface area contributed by atoms with Crippen molar-refractivity contribution in [3.05, 3.63) is 52.0 Å². The van der Waals surface area contributed by atoms with E-state index in [1.165, 1.54) is 0 Å². The van der Waals surface area contributed by atoms with Crippen LogP contribution in [-0.2, 0) is 4.74 Å². The first-order chi connectivity index (χ1) is 13.5. The minimum atomic E-state index is -0.350. The number of fused-ring (bicyclic) bond motifs is 1. The van der Waals surface area contributed by atoms with Crippen LogP contribution in [0.3, 0.4) is 0 Å². The summed E-state index contributed by atoms with van der Waals surface area (Å²) in [6.07, 6.45) is 2.05. The Balaban J connectivity index is 1.46. The maximum Gasteiger partial charge on any atom is 0.338 e. The normalized spacial score (nSPS) is 17.3. The molecule has 146 valence electrons. The minimum Gasteiger partial charge on any atom is -0.462 e. The molecule has 0 N–H and O–H groups in total. The second-order valence-corrected chi connectivity index (χ2v) is 8.07. The van der Waals surface area contributed by atoms with Gasteiger partial charge in [-0.1, -0.05) is 23.2 Å². The van der Waals surface area contributed by atoms with Crippen LogP contribution in [0.1, 0.15) is 23.2 Å². The highest BCUT2D eigenvalue weighted by Gasteiger charge is 2.20. The van der Waals surface area contributed by atoms with Gasteiger partial charge in [-0.3, -0.25) is 0 Å². The van der Waals surface area contributed by atoms with Gasteiger partial charge in [0.2, 0.25) is 5.89 Å². The fourth-order valence-corrected chi connectivity index (χ4v) is 4.04. The van der Waals surface area contributed by atoms with E-state index in [0.29, 0.717) is 50.7 Å². The summed E-state index contributed by atoms with van der Waals surface area (Å²) in [7, 11) is 2.12. The topological polar surface area (TPSA) is 55.6 Å². The zero-order chi connectivity index (χ0) is 19.7. The van der Waals surface area contributed by atoms with Crippen LogP contribution in [-0.4, -0.2) is 42.6 Å². The van der Waals surface area contributed by atoms with E-state index in [0.717, 1.165) is 25.9 Å². The van der Waals surface area contributed by atoms with Crippen molar-refractivity contribution in [2.75, 3.05) is 26.7 Å². The van der Waals surface area contributed by atoms with E-state index in [1.54, 1.807) is 36.4 Å². The van der Waals surface area contributed by atoms with Crippen LogP contribution in [0.5, 0.6) is 0 Å². The predicted octanol–water partition coefficient (Wildman–Crippen LogP) is 5.30. The highest BCUT2D eigenvalue weighted by Crippen LogP contribution is 2.29. The van der Waals surface area contributed by atoms with Crippen molar-refractivity contribution >= 4 is 40.3 Å². The third-order valence-corrected chi connectivity index (χ3v) is 5.42. The Labute approximate surface area is 173 Å². The van der Waals surface area contributed by atoms with Gasteiger partial charge in [-0.25, -0.2) is 9.78 Å². The maximum absolute atomic E-state index is 12.4. The van der Waals surface area contributed by atoms with Crippen molar-refractivity contribution < 1.29 is 13.9 Å². The quantitative estimate of drug-likeness (QED) is 0.526. The Morgan fingerprint density at radius 2 is 2.04 bits per heavy atom. The van der Waals surface area contributed by atoms with Gasteiger partial charge < -0.3 is 14.1 Å². The molecule has 4 rings (SSSR count). The Morgan fingerprint density at radius 1 is 1.25 bits per heavy atom. The fraction of sp³-hybridized carbons (Fsp3) is 0.333. The molecule has 0 radical (unpaired) electrons. The van der Waals surface area contributed by atoms with Gasteiger partial charge in [0.1, 0.15) is 5.52 Å². The van der Waals surface area contributed by atoms with E-state index >= 15 is 0 Å². The third kappa shape index (κ3) is 4.32. The molecule has 28 heavy (non-hydrogen) atoms. The lowest BCUT2D eigenvalue weighted by molar-refractivity contribution is 0.0484. The molecule has 3 aromatic rings. The van der Waals surface area contributed by atoms with Gasteiger partial charge in [-0.2, -0.15) is 0 Å². The summed E-state index contributed by atoms with van der Waals surface area (Å²) in [5.41, 5.74) is 2.29. The Bertz CT molecular complexity index is 998. The number of oxazole rings is 1. The molecular formula is C21H20Cl2N2O3. The molecule has 1 saturated heterocycles. The monoisotopic (exact) mass is 418 g/mol. The predicted molar refractivity (Wildman–Crippen MR) is 110 cm³/mol. The van der Waals surface area contributed by atoms with Crippen molar-refractivity contribution in [3.8, 4) is 11.5 Å². The van der Waals surface area contributed by atoms with Crippen LogP contribution < -0.4 is 0 Å². The number of benzene rings is 2. The summed E-state index contributed by atoms with van der Waals surface area (Å²) < 4.78 is 11.3. The molecule has 1 aliphatic rings. The maximum atomic E-state index is 12.4. The second kappa shape index (κ2) is 8.11. The first kappa shape index (κ1) is 19.2. The number of hydrogen-bond acceptors (Lipinski definition) is 5. The molecule has 1 fully saturated rings. The fourth-order valence-electron chi connectivity index (χ4n) is 3.52. The molecule has 2 aromatic carbocycles. The van der Waals surface area contributed by atoms with Gasteiger partial charge in [0.05, 0.1) is 12.2 Å². The zero-order valence-corrected chi connectivity index (χ0v) is 17.0. The van der Waals surface area contributed by atoms with Crippen LogP contribution in [0.2, 0.25) is 10.0 Å². The summed E-state index contributed by atoms with van der Waals surface area (Å²) in [6, 6.07) is 10.2. The number of carbonyl (C=O) groups excluding carboxylic acids is 1. The zero-order valence-electron chi connectivity index (χ0n) is 15.5. The Morgan fingerprint density at radius 3 is 2.75 bits per heavy atom. The standard InChI is InChI=1S/C21H20Cl2N2O3/c1-25-6-4-13(12-25)5-7-27-21(26)14-2-3-18-19(10-14)28-20(24-18)15-8-16(22)11-17(23)9-15/h2-3,8-11,13H,4-7,12H2,1H3. The van der Waals surface area contributed by atoms with Gasteiger partial charge in [0, 0.05) is 22.2 Å². The SMILES string of the molecule is CN1CCC(CCOC(=O)c2ccc3nc(-c4cc(Cl)cc(Cl)c4)oc3c2)C1. The van der Waals surface area contributed by atoms with E-state index in [-0.39, 0.29) is 5.97 Å². The molecule has 1 atom stereocenters. The summed E-state index contributed by atoms with van der Waals surface area (Å²) >= 11 is 12.1. The lowest BCUT2D eigenvalue weighted by Gasteiger charge is -2.10. The van der Waals surface area contributed by atoms with Crippen molar-refractivity contribution in [1.82, 2.24) is 9.88 Å².